The number of amides is 1. The van der Waals surface area contributed by atoms with Gasteiger partial charge in [0, 0.05) is 7.05 Å². The van der Waals surface area contributed by atoms with Gasteiger partial charge in [-0.15, -0.1) is 0 Å². The lowest BCUT2D eigenvalue weighted by molar-refractivity contribution is -0.136. The van der Waals surface area contributed by atoms with Crippen LogP contribution in [0.2, 0.25) is 0 Å². The van der Waals surface area contributed by atoms with Gasteiger partial charge in [0.15, 0.2) is 0 Å². The molecule has 21 heavy (non-hydrogen) atoms. The SMILES string of the molecule is CNc1ccc(C(=O)Nc2ccccc2C(F)(F)F)nc1. The third-order valence-electron chi connectivity index (χ3n) is 2.77. The standard InChI is InChI=1S/C14H12F3N3O/c1-18-9-6-7-12(19-8-9)13(21)20-11-5-3-2-4-10(11)14(15,16)17/h2-8,18H,1H3,(H,20,21). The number of nitrogens with zero attached hydrogens (tertiary/aromatic N) is 1. The van der Waals surface area contributed by atoms with Crippen LogP contribution in [0.1, 0.15) is 16.1 Å². The fourth-order valence-electron chi connectivity index (χ4n) is 1.70. The number of aromatic nitrogens is 1. The van der Waals surface area contributed by atoms with Crippen LogP contribution in [0.3, 0.4) is 0 Å². The second-order valence-electron chi connectivity index (χ2n) is 4.18. The summed E-state index contributed by atoms with van der Waals surface area (Å²) < 4.78 is 38.5. The molecular weight excluding hydrogens is 283 g/mol. The fraction of sp³-hybridized carbons (Fsp3) is 0.143. The maximum absolute atomic E-state index is 12.8. The molecule has 4 nitrogen and oxygen atoms in total. The minimum Gasteiger partial charge on any atom is -0.387 e. The van der Waals surface area contributed by atoms with Gasteiger partial charge in [0.25, 0.3) is 5.91 Å². The van der Waals surface area contributed by atoms with Gasteiger partial charge in [0.2, 0.25) is 0 Å². The number of hydrogen-bond donors (Lipinski definition) is 2. The van der Waals surface area contributed by atoms with Gasteiger partial charge in [-0.3, -0.25) is 4.79 Å². The summed E-state index contributed by atoms with van der Waals surface area (Å²) in [5, 5.41) is 5.06. The largest absolute Gasteiger partial charge is 0.418 e. The molecule has 0 radical (unpaired) electrons. The first-order valence-electron chi connectivity index (χ1n) is 6.03. The first-order valence-corrected chi connectivity index (χ1v) is 6.03. The molecule has 1 aromatic carbocycles. The molecule has 0 atom stereocenters. The Balaban J connectivity index is 2.23. The highest BCUT2D eigenvalue weighted by molar-refractivity contribution is 6.03. The number of anilines is 2. The number of alkyl halides is 3. The number of halogens is 3. The van der Waals surface area contributed by atoms with E-state index in [9.17, 15) is 18.0 Å². The maximum Gasteiger partial charge on any atom is 0.418 e. The molecule has 0 saturated carbocycles. The zero-order valence-electron chi connectivity index (χ0n) is 11.0. The van der Waals surface area contributed by atoms with E-state index in [1.165, 1.54) is 30.5 Å². The third kappa shape index (κ3) is 3.50. The lowest BCUT2D eigenvalue weighted by Crippen LogP contribution is -2.17. The minimum atomic E-state index is -4.53. The number of pyridine rings is 1. The summed E-state index contributed by atoms with van der Waals surface area (Å²) in [7, 11) is 1.69. The van der Waals surface area contributed by atoms with Crippen molar-refractivity contribution in [3.8, 4) is 0 Å². The van der Waals surface area contributed by atoms with Crippen molar-refractivity contribution in [2.75, 3.05) is 17.7 Å². The van der Waals surface area contributed by atoms with Crippen LogP contribution in [0.5, 0.6) is 0 Å². The van der Waals surface area contributed by atoms with Crippen LogP contribution in [0.25, 0.3) is 0 Å². The van der Waals surface area contributed by atoms with Crippen molar-refractivity contribution in [3.05, 3.63) is 53.9 Å². The number of para-hydroxylation sites is 1. The fourth-order valence-corrected chi connectivity index (χ4v) is 1.70. The highest BCUT2D eigenvalue weighted by Crippen LogP contribution is 2.34. The van der Waals surface area contributed by atoms with Gasteiger partial charge < -0.3 is 10.6 Å². The smallest absolute Gasteiger partial charge is 0.387 e. The summed E-state index contributed by atoms with van der Waals surface area (Å²) in [6, 6.07) is 7.83. The first kappa shape index (κ1) is 14.8. The number of benzene rings is 1. The number of nitrogens with one attached hydrogen (secondary N) is 2. The molecule has 0 saturated heterocycles. The Kier molecular flexibility index (Phi) is 4.11. The number of carbonyl (C=O) groups excluding carboxylic acids is 1. The second kappa shape index (κ2) is 5.82. The molecule has 1 aromatic heterocycles. The molecule has 7 heteroatoms. The minimum absolute atomic E-state index is 0.0333. The van der Waals surface area contributed by atoms with Crippen LogP contribution >= 0.6 is 0 Å². The Bertz CT molecular complexity index is 639. The zero-order valence-corrected chi connectivity index (χ0v) is 11.0. The number of hydrogen-bond acceptors (Lipinski definition) is 3. The monoisotopic (exact) mass is 295 g/mol. The van der Waals surface area contributed by atoms with Crippen LogP contribution in [0, 0.1) is 0 Å². The lowest BCUT2D eigenvalue weighted by atomic mass is 10.1. The Morgan fingerprint density at radius 2 is 1.86 bits per heavy atom. The van der Waals surface area contributed by atoms with Crippen molar-refractivity contribution in [3.63, 3.8) is 0 Å². The molecule has 2 rings (SSSR count). The van der Waals surface area contributed by atoms with Crippen LogP contribution in [0.4, 0.5) is 24.5 Å². The molecule has 0 bridgehead atoms. The van der Waals surface area contributed by atoms with E-state index in [1.54, 1.807) is 13.1 Å². The molecule has 110 valence electrons. The quantitative estimate of drug-likeness (QED) is 0.912. The van der Waals surface area contributed by atoms with Crippen molar-refractivity contribution in [2.45, 2.75) is 6.18 Å². The van der Waals surface area contributed by atoms with Crippen molar-refractivity contribution in [1.29, 1.82) is 0 Å². The van der Waals surface area contributed by atoms with Gasteiger partial charge in [0.1, 0.15) is 5.69 Å². The van der Waals surface area contributed by atoms with Crippen LogP contribution in [0.15, 0.2) is 42.6 Å². The Labute approximate surface area is 119 Å². The van der Waals surface area contributed by atoms with E-state index >= 15 is 0 Å². The van der Waals surface area contributed by atoms with Crippen molar-refractivity contribution >= 4 is 17.3 Å². The van der Waals surface area contributed by atoms with E-state index in [2.05, 4.69) is 15.6 Å². The number of rotatable bonds is 3. The van der Waals surface area contributed by atoms with Crippen LogP contribution < -0.4 is 10.6 Å². The topological polar surface area (TPSA) is 54.0 Å². The predicted molar refractivity (Wildman–Crippen MR) is 73.2 cm³/mol. The average Bonchev–Trinajstić information content (AvgIpc) is 2.47. The molecule has 0 aliphatic carbocycles. The lowest BCUT2D eigenvalue weighted by Gasteiger charge is -2.13. The van der Waals surface area contributed by atoms with E-state index in [0.717, 1.165) is 6.07 Å². The molecule has 0 aliphatic rings. The average molecular weight is 295 g/mol. The van der Waals surface area contributed by atoms with Gasteiger partial charge in [-0.05, 0) is 24.3 Å². The van der Waals surface area contributed by atoms with Crippen molar-refractivity contribution < 1.29 is 18.0 Å². The Morgan fingerprint density at radius 1 is 1.14 bits per heavy atom. The van der Waals surface area contributed by atoms with Crippen LogP contribution in [-0.2, 0) is 6.18 Å². The summed E-state index contributed by atoms with van der Waals surface area (Å²) in [5.74, 6) is -0.700. The van der Waals surface area contributed by atoms with Crippen molar-refractivity contribution in [1.82, 2.24) is 4.98 Å². The van der Waals surface area contributed by atoms with E-state index in [4.69, 9.17) is 0 Å². The first-order chi connectivity index (χ1) is 9.91. The van der Waals surface area contributed by atoms with Gasteiger partial charge in [0.05, 0.1) is 23.1 Å². The van der Waals surface area contributed by atoms with Crippen molar-refractivity contribution in [2.24, 2.45) is 0 Å². The Hall–Kier alpha value is -2.57. The molecule has 0 fully saturated rings. The molecule has 0 aliphatic heterocycles. The second-order valence-corrected chi connectivity index (χ2v) is 4.18. The maximum atomic E-state index is 12.8. The van der Waals surface area contributed by atoms with Gasteiger partial charge in [-0.2, -0.15) is 13.2 Å². The van der Waals surface area contributed by atoms with E-state index < -0.39 is 17.6 Å². The van der Waals surface area contributed by atoms with Gasteiger partial charge >= 0.3 is 6.18 Å². The summed E-state index contributed by atoms with van der Waals surface area (Å²) in [6.07, 6.45) is -3.11. The molecule has 1 amide bonds. The third-order valence-corrected chi connectivity index (χ3v) is 2.77. The Morgan fingerprint density at radius 3 is 2.43 bits per heavy atom. The van der Waals surface area contributed by atoms with Gasteiger partial charge in [-0.25, -0.2) is 4.98 Å². The van der Waals surface area contributed by atoms with E-state index in [-0.39, 0.29) is 11.4 Å². The highest BCUT2D eigenvalue weighted by atomic mass is 19.4. The van der Waals surface area contributed by atoms with E-state index in [1.807, 2.05) is 0 Å². The van der Waals surface area contributed by atoms with Gasteiger partial charge in [-0.1, -0.05) is 12.1 Å². The molecule has 0 unspecified atom stereocenters. The van der Waals surface area contributed by atoms with E-state index in [0.29, 0.717) is 5.69 Å². The molecular formula is C14H12F3N3O. The predicted octanol–water partition coefficient (Wildman–Crippen LogP) is 3.39. The van der Waals surface area contributed by atoms with Crippen LogP contribution in [-0.4, -0.2) is 17.9 Å². The molecule has 0 spiro atoms. The molecule has 1 heterocycles. The summed E-state index contributed by atoms with van der Waals surface area (Å²) >= 11 is 0. The molecule has 2 N–H and O–H groups in total. The summed E-state index contributed by atoms with van der Waals surface area (Å²) in [4.78, 5) is 15.8. The summed E-state index contributed by atoms with van der Waals surface area (Å²) in [5.41, 5.74) is -0.465. The normalized spacial score (nSPS) is 11.0. The summed E-state index contributed by atoms with van der Waals surface area (Å²) in [6.45, 7) is 0. The molecule has 2 aromatic rings. The number of carbonyl (C=O) groups is 1. The highest BCUT2D eigenvalue weighted by Gasteiger charge is 2.33. The zero-order chi connectivity index (χ0) is 15.5.